The summed E-state index contributed by atoms with van der Waals surface area (Å²) in [6, 6.07) is 10.6. The number of halogens is 1. The van der Waals surface area contributed by atoms with Crippen molar-refractivity contribution in [2.45, 2.75) is 46.0 Å². The number of ether oxygens (including phenoxy) is 1. The molecule has 3 rings (SSSR count). The smallest absolute Gasteiger partial charge is 0.303 e. The number of aryl methyl sites for hydroxylation is 1. The average molecular weight is 368 g/mol. The fourth-order valence-electron chi connectivity index (χ4n) is 3.65. The van der Waals surface area contributed by atoms with Crippen LogP contribution in [0.1, 0.15) is 47.9 Å². The molecular formula is C23H25FO3. The van der Waals surface area contributed by atoms with Crippen LogP contribution in [0.4, 0.5) is 4.39 Å². The summed E-state index contributed by atoms with van der Waals surface area (Å²) in [6.07, 6.45) is 3.76. The second-order valence-electron chi connectivity index (χ2n) is 7.10. The minimum atomic E-state index is -0.783. The summed E-state index contributed by atoms with van der Waals surface area (Å²) >= 11 is 0. The number of carbonyl (C=O) groups is 1. The molecule has 0 unspecified atom stereocenters. The molecule has 0 amide bonds. The van der Waals surface area contributed by atoms with Crippen LogP contribution in [0.25, 0.3) is 5.57 Å². The van der Waals surface area contributed by atoms with Crippen LogP contribution in [-0.2, 0) is 11.2 Å². The third-order valence-corrected chi connectivity index (χ3v) is 5.38. The van der Waals surface area contributed by atoms with E-state index in [0.29, 0.717) is 13.0 Å². The number of allylic oxidation sites excluding steroid dienone is 1. The minimum absolute atomic E-state index is 0.133. The van der Waals surface area contributed by atoms with Gasteiger partial charge in [0.1, 0.15) is 18.2 Å². The molecule has 4 heteroatoms. The first kappa shape index (κ1) is 19.2. The van der Waals surface area contributed by atoms with Crippen LogP contribution in [0.3, 0.4) is 0 Å². The van der Waals surface area contributed by atoms with Gasteiger partial charge < -0.3 is 9.84 Å². The fraction of sp³-hybridized carbons (Fsp3) is 0.348. The molecule has 1 N–H and O–H groups in total. The van der Waals surface area contributed by atoms with Crippen molar-refractivity contribution in [2.75, 3.05) is 6.61 Å². The molecule has 0 aromatic heterocycles. The maximum atomic E-state index is 13.2. The molecule has 0 aliphatic heterocycles. The van der Waals surface area contributed by atoms with E-state index in [-0.39, 0.29) is 12.2 Å². The Hall–Kier alpha value is -2.62. The van der Waals surface area contributed by atoms with Gasteiger partial charge in [0.25, 0.3) is 0 Å². The highest BCUT2D eigenvalue weighted by Crippen LogP contribution is 2.35. The minimum Gasteiger partial charge on any atom is -0.489 e. The number of carboxylic acid groups (broad SMARTS) is 1. The zero-order chi connectivity index (χ0) is 19.4. The summed E-state index contributed by atoms with van der Waals surface area (Å²) in [5.74, 6) is -0.164. The molecule has 1 aliphatic rings. The molecule has 1 aliphatic carbocycles. The highest BCUT2D eigenvalue weighted by molar-refractivity contribution is 5.71. The van der Waals surface area contributed by atoms with Crippen molar-refractivity contribution in [3.05, 3.63) is 70.0 Å². The molecule has 0 radical (unpaired) electrons. The summed E-state index contributed by atoms with van der Waals surface area (Å²) in [5, 5.41) is 8.88. The van der Waals surface area contributed by atoms with E-state index in [1.54, 1.807) is 0 Å². The van der Waals surface area contributed by atoms with Crippen LogP contribution in [0.5, 0.6) is 5.75 Å². The number of benzene rings is 2. The average Bonchev–Trinajstić information content (AvgIpc) is 3.11. The Morgan fingerprint density at radius 1 is 1.07 bits per heavy atom. The Morgan fingerprint density at radius 3 is 2.52 bits per heavy atom. The number of rotatable bonds is 7. The number of carboxylic acids is 1. The Labute approximate surface area is 159 Å². The van der Waals surface area contributed by atoms with Gasteiger partial charge in [-0.15, -0.1) is 0 Å². The number of aliphatic carboxylic acids is 1. The maximum Gasteiger partial charge on any atom is 0.303 e. The van der Waals surface area contributed by atoms with E-state index in [4.69, 9.17) is 9.84 Å². The Balaban J connectivity index is 1.74. The SMILES string of the molecule is Cc1c(CCC(=O)O)ccc(OCC2=C(c3ccc(F)cc3)CCC2)c1C. The van der Waals surface area contributed by atoms with E-state index < -0.39 is 5.97 Å². The van der Waals surface area contributed by atoms with Crippen molar-refractivity contribution in [1.82, 2.24) is 0 Å². The van der Waals surface area contributed by atoms with Crippen LogP contribution in [0, 0.1) is 19.7 Å². The van der Waals surface area contributed by atoms with Crippen molar-refractivity contribution in [2.24, 2.45) is 0 Å². The highest BCUT2D eigenvalue weighted by Gasteiger charge is 2.17. The third-order valence-electron chi connectivity index (χ3n) is 5.38. The van der Waals surface area contributed by atoms with Crippen molar-refractivity contribution in [3.8, 4) is 5.75 Å². The molecule has 2 aromatic carbocycles. The molecule has 0 spiro atoms. The largest absolute Gasteiger partial charge is 0.489 e. The zero-order valence-electron chi connectivity index (χ0n) is 15.8. The van der Waals surface area contributed by atoms with Gasteiger partial charge in [0.2, 0.25) is 0 Å². The molecule has 27 heavy (non-hydrogen) atoms. The summed E-state index contributed by atoms with van der Waals surface area (Å²) in [6.45, 7) is 4.55. The Bertz CT molecular complexity index is 866. The van der Waals surface area contributed by atoms with Crippen LogP contribution < -0.4 is 4.74 Å². The predicted octanol–water partition coefficient (Wildman–Crippen LogP) is 5.48. The van der Waals surface area contributed by atoms with E-state index in [2.05, 4.69) is 0 Å². The maximum absolute atomic E-state index is 13.2. The number of hydrogen-bond acceptors (Lipinski definition) is 2. The van der Waals surface area contributed by atoms with E-state index >= 15 is 0 Å². The standard InChI is InChI=1S/C23H25FO3/c1-15-16(2)22(12-8-17(15)9-13-23(25)26)27-14-19-4-3-5-21(19)18-6-10-20(24)11-7-18/h6-8,10-12H,3-5,9,13-14H2,1-2H3,(H,25,26). The Kier molecular flexibility index (Phi) is 5.94. The normalized spacial score (nSPS) is 13.9. The van der Waals surface area contributed by atoms with E-state index in [1.165, 1.54) is 23.3 Å². The molecule has 0 heterocycles. The number of hydrogen-bond donors (Lipinski definition) is 1. The van der Waals surface area contributed by atoms with Gasteiger partial charge in [0.15, 0.2) is 0 Å². The first-order valence-corrected chi connectivity index (χ1v) is 9.36. The third kappa shape index (κ3) is 4.57. The lowest BCUT2D eigenvalue weighted by Crippen LogP contribution is -2.05. The van der Waals surface area contributed by atoms with Gasteiger partial charge in [-0.1, -0.05) is 18.2 Å². The van der Waals surface area contributed by atoms with Gasteiger partial charge in [-0.3, -0.25) is 4.79 Å². The van der Waals surface area contributed by atoms with E-state index in [0.717, 1.165) is 47.3 Å². The van der Waals surface area contributed by atoms with Crippen molar-refractivity contribution in [3.63, 3.8) is 0 Å². The predicted molar refractivity (Wildman–Crippen MR) is 105 cm³/mol. The molecular weight excluding hydrogens is 343 g/mol. The Morgan fingerprint density at radius 2 is 1.81 bits per heavy atom. The molecule has 0 saturated heterocycles. The summed E-state index contributed by atoms with van der Waals surface area (Å²) < 4.78 is 19.3. The molecule has 142 valence electrons. The summed E-state index contributed by atoms with van der Waals surface area (Å²) in [4.78, 5) is 10.8. The van der Waals surface area contributed by atoms with Crippen molar-refractivity contribution in [1.29, 1.82) is 0 Å². The zero-order valence-corrected chi connectivity index (χ0v) is 15.8. The van der Waals surface area contributed by atoms with Gasteiger partial charge in [-0.25, -0.2) is 4.39 Å². The van der Waals surface area contributed by atoms with Gasteiger partial charge in [0.05, 0.1) is 0 Å². The fourth-order valence-corrected chi connectivity index (χ4v) is 3.65. The van der Waals surface area contributed by atoms with E-state index in [1.807, 2.05) is 38.1 Å². The first-order chi connectivity index (χ1) is 13.0. The van der Waals surface area contributed by atoms with E-state index in [9.17, 15) is 9.18 Å². The second-order valence-corrected chi connectivity index (χ2v) is 7.10. The summed E-state index contributed by atoms with van der Waals surface area (Å²) in [5.41, 5.74) is 6.81. The van der Waals surface area contributed by atoms with Crippen LogP contribution in [0.15, 0.2) is 42.0 Å². The van der Waals surface area contributed by atoms with Gasteiger partial charge >= 0.3 is 5.97 Å². The second kappa shape index (κ2) is 8.38. The van der Waals surface area contributed by atoms with Crippen molar-refractivity contribution >= 4 is 11.5 Å². The quantitative estimate of drug-likeness (QED) is 0.704. The van der Waals surface area contributed by atoms with Crippen LogP contribution >= 0.6 is 0 Å². The van der Waals surface area contributed by atoms with Gasteiger partial charge in [0, 0.05) is 6.42 Å². The van der Waals surface area contributed by atoms with Gasteiger partial charge in [-0.05, 0) is 91.1 Å². The molecule has 2 aromatic rings. The van der Waals surface area contributed by atoms with Crippen LogP contribution in [-0.4, -0.2) is 17.7 Å². The molecule has 3 nitrogen and oxygen atoms in total. The molecule has 0 fully saturated rings. The lowest BCUT2D eigenvalue weighted by atomic mass is 9.99. The monoisotopic (exact) mass is 368 g/mol. The topological polar surface area (TPSA) is 46.5 Å². The summed E-state index contributed by atoms with van der Waals surface area (Å²) in [7, 11) is 0. The highest BCUT2D eigenvalue weighted by atomic mass is 19.1. The molecule has 0 saturated carbocycles. The van der Waals surface area contributed by atoms with Crippen molar-refractivity contribution < 1.29 is 19.0 Å². The van der Waals surface area contributed by atoms with Gasteiger partial charge in [-0.2, -0.15) is 0 Å². The van der Waals surface area contributed by atoms with Crippen LogP contribution in [0.2, 0.25) is 0 Å². The lowest BCUT2D eigenvalue weighted by molar-refractivity contribution is -0.136. The molecule has 0 atom stereocenters. The lowest BCUT2D eigenvalue weighted by Gasteiger charge is -2.15. The first-order valence-electron chi connectivity index (χ1n) is 9.36. The molecule has 0 bridgehead atoms.